The lowest BCUT2D eigenvalue weighted by molar-refractivity contribution is -0.132. The second kappa shape index (κ2) is 8.60. The Kier molecular flexibility index (Phi) is 5.96. The van der Waals surface area contributed by atoms with Crippen molar-refractivity contribution in [2.24, 2.45) is 5.16 Å². The van der Waals surface area contributed by atoms with E-state index in [1.807, 2.05) is 0 Å². The lowest BCUT2D eigenvalue weighted by atomic mass is 9.92. The van der Waals surface area contributed by atoms with E-state index in [1.54, 1.807) is 61.5 Å². The summed E-state index contributed by atoms with van der Waals surface area (Å²) in [6.45, 7) is 6.77. The van der Waals surface area contributed by atoms with Crippen LogP contribution in [0.25, 0.3) is 0 Å². The molecule has 3 rings (SSSR count). The van der Waals surface area contributed by atoms with Crippen molar-refractivity contribution >= 4 is 29.8 Å². The molecule has 0 saturated carbocycles. The molecule has 2 aromatic rings. The molecule has 8 heteroatoms. The van der Waals surface area contributed by atoms with Crippen molar-refractivity contribution in [2.75, 3.05) is 11.5 Å². The fourth-order valence-corrected chi connectivity index (χ4v) is 2.99. The highest BCUT2D eigenvalue weighted by atomic mass is 16.6. The maximum Gasteiger partial charge on any atom is 0.329 e. The van der Waals surface area contributed by atoms with Crippen LogP contribution in [0.2, 0.25) is 0 Å². The van der Waals surface area contributed by atoms with Crippen LogP contribution in [-0.4, -0.2) is 30.7 Å². The summed E-state index contributed by atoms with van der Waals surface area (Å²) in [5.74, 6) is -0.493. The van der Waals surface area contributed by atoms with Gasteiger partial charge in [0, 0.05) is 6.92 Å². The molecule has 1 atom stereocenters. The van der Waals surface area contributed by atoms with Crippen LogP contribution < -0.4 is 15.0 Å². The number of hydrogen-bond acceptors (Lipinski definition) is 6. The van der Waals surface area contributed by atoms with E-state index in [2.05, 4.69) is 17.1 Å². The number of imide groups is 1. The molecule has 0 spiro atoms. The Morgan fingerprint density at radius 2 is 1.83 bits per heavy atom. The average Bonchev–Trinajstić information content (AvgIpc) is 2.95. The van der Waals surface area contributed by atoms with Crippen molar-refractivity contribution in [1.29, 1.82) is 0 Å². The van der Waals surface area contributed by atoms with Crippen LogP contribution >= 0.6 is 0 Å². The molecule has 0 aliphatic carbocycles. The maximum atomic E-state index is 13.1. The first-order valence-corrected chi connectivity index (χ1v) is 9.17. The number of oxime groups is 1. The Morgan fingerprint density at radius 1 is 1.17 bits per heavy atom. The van der Waals surface area contributed by atoms with Gasteiger partial charge in [0.25, 0.3) is 5.91 Å². The zero-order valence-electron chi connectivity index (χ0n) is 16.6. The second-order valence-corrected chi connectivity index (χ2v) is 6.72. The molecule has 1 heterocycles. The molecule has 8 nitrogen and oxygen atoms in total. The molecule has 154 valence electrons. The quantitative estimate of drug-likeness (QED) is 0.145. The van der Waals surface area contributed by atoms with Gasteiger partial charge in [-0.3, -0.25) is 9.59 Å². The Balaban J connectivity index is 1.79. The van der Waals surface area contributed by atoms with Crippen molar-refractivity contribution in [3.8, 4) is 5.75 Å². The third-order valence-corrected chi connectivity index (χ3v) is 4.50. The van der Waals surface area contributed by atoms with Gasteiger partial charge >= 0.3 is 12.0 Å². The molecule has 1 aliphatic rings. The second-order valence-electron chi connectivity index (χ2n) is 6.72. The number of amides is 3. The van der Waals surface area contributed by atoms with Gasteiger partial charge in [-0.15, -0.1) is 0 Å². The van der Waals surface area contributed by atoms with Crippen molar-refractivity contribution in [3.05, 3.63) is 72.3 Å². The monoisotopic (exact) mass is 407 g/mol. The lowest BCUT2D eigenvalue weighted by Crippen LogP contribution is -2.40. The minimum Gasteiger partial charge on any atom is -0.427 e. The van der Waals surface area contributed by atoms with E-state index < -0.39 is 23.4 Å². The van der Waals surface area contributed by atoms with Crippen LogP contribution in [0, 0.1) is 0 Å². The molecule has 0 aromatic heterocycles. The number of esters is 1. The van der Waals surface area contributed by atoms with Gasteiger partial charge in [-0.1, -0.05) is 42.1 Å². The highest BCUT2D eigenvalue weighted by molar-refractivity contribution is 6.23. The standard InChI is InChI=1S/C22H21N3O5/c1-4-13-29-23-14-16-5-9-18(10-6-16)25-20(27)22(3,24-21(25)28)17-7-11-19(12-8-17)30-15(2)26/h4-12,14H,1,13H2,2-3H3,(H,24,28). The zero-order valence-corrected chi connectivity index (χ0v) is 16.6. The van der Waals surface area contributed by atoms with Crippen molar-refractivity contribution < 1.29 is 24.0 Å². The molecular formula is C22H21N3O5. The highest BCUT2D eigenvalue weighted by Gasteiger charge is 2.49. The van der Waals surface area contributed by atoms with Crippen molar-refractivity contribution in [3.63, 3.8) is 0 Å². The van der Waals surface area contributed by atoms with Crippen LogP contribution in [0.4, 0.5) is 10.5 Å². The van der Waals surface area contributed by atoms with E-state index in [1.165, 1.54) is 13.1 Å². The van der Waals surface area contributed by atoms with Gasteiger partial charge in [-0.05, 0) is 42.3 Å². The van der Waals surface area contributed by atoms with Gasteiger partial charge in [-0.2, -0.15) is 0 Å². The van der Waals surface area contributed by atoms with Crippen LogP contribution in [-0.2, 0) is 20.0 Å². The Hall–Kier alpha value is -3.94. The predicted molar refractivity (Wildman–Crippen MR) is 111 cm³/mol. The summed E-state index contributed by atoms with van der Waals surface area (Å²) in [7, 11) is 0. The van der Waals surface area contributed by atoms with Crippen LogP contribution in [0.1, 0.15) is 25.0 Å². The number of carbonyl (C=O) groups excluding carboxylic acids is 3. The Morgan fingerprint density at radius 3 is 2.43 bits per heavy atom. The normalized spacial score (nSPS) is 18.4. The number of rotatable bonds is 7. The van der Waals surface area contributed by atoms with E-state index >= 15 is 0 Å². The van der Waals surface area contributed by atoms with Crippen LogP contribution in [0.3, 0.4) is 0 Å². The molecular weight excluding hydrogens is 386 g/mol. The SMILES string of the molecule is C=CCON=Cc1ccc(N2C(=O)NC(C)(c3ccc(OC(C)=O)cc3)C2=O)cc1. The van der Waals surface area contributed by atoms with Gasteiger partial charge < -0.3 is 14.9 Å². The first-order chi connectivity index (χ1) is 14.3. The molecule has 0 radical (unpaired) electrons. The minimum absolute atomic E-state index is 0.303. The number of nitrogens with one attached hydrogen (secondary N) is 1. The van der Waals surface area contributed by atoms with E-state index in [0.717, 1.165) is 10.5 Å². The molecule has 1 fully saturated rings. The van der Waals surface area contributed by atoms with E-state index in [-0.39, 0.29) is 0 Å². The van der Waals surface area contributed by atoms with Crippen molar-refractivity contribution in [2.45, 2.75) is 19.4 Å². The number of benzene rings is 2. The molecule has 1 N–H and O–H groups in total. The van der Waals surface area contributed by atoms with E-state index in [4.69, 9.17) is 9.57 Å². The number of carbonyl (C=O) groups is 3. The van der Waals surface area contributed by atoms with Crippen molar-refractivity contribution in [1.82, 2.24) is 5.32 Å². The van der Waals surface area contributed by atoms with E-state index in [0.29, 0.717) is 23.6 Å². The van der Waals surface area contributed by atoms with Gasteiger partial charge in [0.2, 0.25) is 0 Å². The van der Waals surface area contributed by atoms with Crippen LogP contribution in [0.5, 0.6) is 5.75 Å². The van der Waals surface area contributed by atoms with Gasteiger partial charge in [-0.25, -0.2) is 9.69 Å². The molecule has 0 bridgehead atoms. The minimum atomic E-state index is -1.25. The largest absolute Gasteiger partial charge is 0.427 e. The first kappa shape index (κ1) is 20.8. The number of nitrogens with zero attached hydrogens (tertiary/aromatic N) is 2. The predicted octanol–water partition coefficient (Wildman–Crippen LogP) is 3.12. The van der Waals surface area contributed by atoms with Crippen LogP contribution in [0.15, 0.2) is 66.3 Å². The fraction of sp³-hybridized carbons (Fsp3) is 0.182. The summed E-state index contributed by atoms with van der Waals surface area (Å²) in [6, 6.07) is 12.7. The molecule has 2 aromatic carbocycles. The molecule has 1 saturated heterocycles. The number of urea groups is 1. The summed E-state index contributed by atoms with van der Waals surface area (Å²) in [5.41, 5.74) is 0.507. The summed E-state index contributed by atoms with van der Waals surface area (Å²) in [4.78, 5) is 42.8. The van der Waals surface area contributed by atoms with Gasteiger partial charge in [0.1, 0.15) is 17.9 Å². The number of hydrogen-bond donors (Lipinski definition) is 1. The summed E-state index contributed by atoms with van der Waals surface area (Å²) in [5, 5.41) is 6.53. The summed E-state index contributed by atoms with van der Waals surface area (Å²) >= 11 is 0. The third kappa shape index (κ3) is 4.22. The first-order valence-electron chi connectivity index (χ1n) is 9.17. The third-order valence-electron chi connectivity index (χ3n) is 4.50. The molecule has 1 unspecified atom stereocenters. The number of ether oxygens (including phenoxy) is 1. The smallest absolute Gasteiger partial charge is 0.329 e. The lowest BCUT2D eigenvalue weighted by Gasteiger charge is -2.22. The summed E-state index contributed by atoms with van der Waals surface area (Å²) in [6.07, 6.45) is 3.10. The fourth-order valence-electron chi connectivity index (χ4n) is 2.99. The Bertz CT molecular complexity index is 998. The zero-order chi connectivity index (χ0) is 21.7. The Labute approximate surface area is 173 Å². The number of anilines is 1. The molecule has 30 heavy (non-hydrogen) atoms. The van der Waals surface area contributed by atoms with Gasteiger partial charge in [0.05, 0.1) is 11.9 Å². The summed E-state index contributed by atoms with van der Waals surface area (Å²) < 4.78 is 5.01. The molecule has 3 amide bonds. The van der Waals surface area contributed by atoms with Gasteiger partial charge in [0.15, 0.2) is 0 Å². The average molecular weight is 407 g/mol. The topological polar surface area (TPSA) is 97.3 Å². The maximum absolute atomic E-state index is 13.1. The van der Waals surface area contributed by atoms with E-state index in [9.17, 15) is 14.4 Å². The molecule has 1 aliphatic heterocycles. The highest BCUT2D eigenvalue weighted by Crippen LogP contribution is 2.33.